The van der Waals surface area contributed by atoms with Crippen LogP contribution in [0.2, 0.25) is 0 Å². The number of benzene rings is 1. The van der Waals surface area contributed by atoms with E-state index in [4.69, 9.17) is 9.47 Å². The average molecular weight is 412 g/mol. The molecule has 4 atom stereocenters. The summed E-state index contributed by atoms with van der Waals surface area (Å²) in [5.74, 6) is 1.12. The van der Waals surface area contributed by atoms with Crippen LogP contribution in [0.4, 0.5) is 0 Å². The fourth-order valence-corrected chi connectivity index (χ4v) is 6.03. The Morgan fingerprint density at radius 3 is 2.77 bits per heavy atom. The molecule has 1 saturated carbocycles. The van der Waals surface area contributed by atoms with Crippen molar-refractivity contribution in [1.82, 2.24) is 4.90 Å². The maximum atomic E-state index is 11.3. The van der Waals surface area contributed by atoms with E-state index in [0.717, 1.165) is 32.3 Å². The number of carbonyl (C=O) groups is 1. The number of hydrogen-bond donors (Lipinski definition) is 0. The summed E-state index contributed by atoms with van der Waals surface area (Å²) in [6.07, 6.45) is 13.7. The lowest BCUT2D eigenvalue weighted by molar-refractivity contribution is -0.140. The van der Waals surface area contributed by atoms with E-state index in [1.807, 2.05) is 0 Å². The molecule has 0 unspecified atom stereocenters. The quantitative estimate of drug-likeness (QED) is 0.334. The van der Waals surface area contributed by atoms with Crippen molar-refractivity contribution < 1.29 is 14.3 Å². The third-order valence-corrected chi connectivity index (χ3v) is 7.63. The molecule has 3 fully saturated rings. The van der Waals surface area contributed by atoms with E-state index in [2.05, 4.69) is 47.4 Å². The molecule has 3 aliphatic rings. The van der Waals surface area contributed by atoms with E-state index in [-0.39, 0.29) is 11.4 Å². The zero-order chi connectivity index (χ0) is 20.8. The summed E-state index contributed by atoms with van der Waals surface area (Å²) in [4.78, 5) is 14.0. The number of hydrogen-bond acceptors (Lipinski definition) is 4. The summed E-state index contributed by atoms with van der Waals surface area (Å²) < 4.78 is 11.1. The first-order valence-electron chi connectivity index (χ1n) is 11.8. The molecule has 0 amide bonds. The second-order valence-electron chi connectivity index (χ2n) is 9.38. The Hall–Kier alpha value is -1.65. The van der Waals surface area contributed by atoms with Crippen LogP contribution in [-0.2, 0) is 19.7 Å². The Morgan fingerprint density at radius 1 is 1.20 bits per heavy atom. The van der Waals surface area contributed by atoms with E-state index >= 15 is 0 Å². The number of likely N-dealkylation sites (tertiary alicyclic amines) is 1. The van der Waals surface area contributed by atoms with Crippen LogP contribution in [0.15, 0.2) is 42.5 Å². The van der Waals surface area contributed by atoms with E-state index in [1.54, 1.807) is 0 Å². The molecule has 0 N–H and O–H groups in total. The van der Waals surface area contributed by atoms with Crippen LogP contribution >= 0.6 is 0 Å². The van der Waals surface area contributed by atoms with Gasteiger partial charge in [0.1, 0.15) is 0 Å². The minimum absolute atomic E-state index is 0.113. The Morgan fingerprint density at radius 2 is 2.00 bits per heavy atom. The molecule has 4 nitrogen and oxygen atoms in total. The standard InChI is InChI=1S/C26H37NO3/c1-29-25(28)15-9-3-2-8-14-23-22(19-27-16-10-5-11-17-27)24-18-26(23,20-30-24)21-12-6-4-7-13-21/h2,4,6-8,12-13,22-24H,3,5,9-11,14-20H2,1H3/t22-,23-,24-,26-/m0/s1. The van der Waals surface area contributed by atoms with Crippen molar-refractivity contribution in [2.24, 2.45) is 11.8 Å². The molecule has 4 rings (SSSR count). The molecule has 2 heterocycles. The number of rotatable bonds is 9. The smallest absolute Gasteiger partial charge is 0.305 e. The highest BCUT2D eigenvalue weighted by atomic mass is 16.5. The average Bonchev–Trinajstić information content (AvgIpc) is 3.36. The first-order chi connectivity index (χ1) is 14.7. The highest BCUT2D eigenvalue weighted by Crippen LogP contribution is 2.56. The second kappa shape index (κ2) is 10.1. The van der Waals surface area contributed by atoms with Crippen LogP contribution in [-0.4, -0.2) is 50.3 Å². The highest BCUT2D eigenvalue weighted by molar-refractivity contribution is 5.69. The van der Waals surface area contributed by atoms with Gasteiger partial charge in [0.15, 0.2) is 0 Å². The van der Waals surface area contributed by atoms with Gasteiger partial charge in [0.2, 0.25) is 0 Å². The summed E-state index contributed by atoms with van der Waals surface area (Å²) in [7, 11) is 1.46. The zero-order valence-electron chi connectivity index (χ0n) is 18.4. The van der Waals surface area contributed by atoms with Crippen molar-refractivity contribution >= 4 is 5.97 Å². The number of unbranched alkanes of at least 4 members (excludes halogenated alkanes) is 1. The molecule has 2 saturated heterocycles. The van der Waals surface area contributed by atoms with Crippen LogP contribution in [0.3, 0.4) is 0 Å². The number of methoxy groups -OCH3 is 1. The van der Waals surface area contributed by atoms with Gasteiger partial charge in [0.05, 0.1) is 19.8 Å². The lowest BCUT2D eigenvalue weighted by Gasteiger charge is -2.41. The van der Waals surface area contributed by atoms with Crippen molar-refractivity contribution in [2.45, 2.75) is 62.9 Å². The predicted molar refractivity (Wildman–Crippen MR) is 119 cm³/mol. The maximum Gasteiger partial charge on any atom is 0.305 e. The van der Waals surface area contributed by atoms with Crippen molar-refractivity contribution in [1.29, 1.82) is 0 Å². The molecule has 164 valence electrons. The van der Waals surface area contributed by atoms with E-state index < -0.39 is 0 Å². The second-order valence-corrected chi connectivity index (χ2v) is 9.38. The topological polar surface area (TPSA) is 38.8 Å². The van der Waals surface area contributed by atoms with E-state index in [1.165, 1.54) is 51.6 Å². The number of nitrogens with zero attached hydrogens (tertiary/aromatic N) is 1. The first-order valence-corrected chi connectivity index (χ1v) is 11.8. The number of esters is 1. The summed E-state index contributed by atoms with van der Waals surface area (Å²) in [5, 5.41) is 0. The first kappa shape index (κ1) is 21.6. The van der Waals surface area contributed by atoms with Crippen LogP contribution < -0.4 is 0 Å². The van der Waals surface area contributed by atoms with Crippen molar-refractivity contribution in [3.05, 3.63) is 48.0 Å². The fraction of sp³-hybridized carbons (Fsp3) is 0.654. The molecular weight excluding hydrogens is 374 g/mol. The van der Waals surface area contributed by atoms with Gasteiger partial charge in [-0.2, -0.15) is 0 Å². The SMILES string of the molecule is COC(=O)CCCC=CC[C@H]1[C@H](CN2CCCCC2)[C@@H]2C[C@@]1(c1ccccc1)CO2. The van der Waals surface area contributed by atoms with Gasteiger partial charge in [-0.05, 0) is 63.1 Å². The molecule has 30 heavy (non-hydrogen) atoms. The van der Waals surface area contributed by atoms with Crippen molar-refractivity contribution in [2.75, 3.05) is 33.4 Å². The molecule has 0 spiro atoms. The van der Waals surface area contributed by atoms with Crippen molar-refractivity contribution in [3.63, 3.8) is 0 Å². The van der Waals surface area contributed by atoms with Crippen LogP contribution in [0, 0.1) is 11.8 Å². The molecule has 0 radical (unpaired) electrons. The molecule has 4 heteroatoms. The number of allylic oxidation sites excluding steroid dienone is 2. The number of carbonyl (C=O) groups excluding carboxylic acids is 1. The van der Waals surface area contributed by atoms with Gasteiger partial charge in [0, 0.05) is 24.3 Å². The summed E-state index contributed by atoms with van der Waals surface area (Å²) in [6.45, 7) is 4.54. The fourth-order valence-electron chi connectivity index (χ4n) is 6.03. The number of piperidine rings is 1. The van der Waals surface area contributed by atoms with Crippen LogP contribution in [0.25, 0.3) is 0 Å². The molecule has 1 aliphatic carbocycles. The van der Waals surface area contributed by atoms with Gasteiger partial charge in [0.25, 0.3) is 0 Å². The number of fused-ring (bicyclic) bond motifs is 2. The normalized spacial score (nSPS) is 31.4. The zero-order valence-corrected chi connectivity index (χ0v) is 18.4. The Kier molecular flexibility index (Phi) is 7.27. The molecule has 2 aliphatic heterocycles. The van der Waals surface area contributed by atoms with Gasteiger partial charge in [-0.25, -0.2) is 0 Å². The van der Waals surface area contributed by atoms with Gasteiger partial charge >= 0.3 is 5.97 Å². The third-order valence-electron chi connectivity index (χ3n) is 7.63. The molecule has 0 aromatic heterocycles. The summed E-state index contributed by atoms with van der Waals surface area (Å²) in [5.41, 5.74) is 1.61. The molecule has 1 aromatic carbocycles. The largest absolute Gasteiger partial charge is 0.469 e. The van der Waals surface area contributed by atoms with Crippen molar-refractivity contribution in [3.8, 4) is 0 Å². The van der Waals surface area contributed by atoms with Gasteiger partial charge in [-0.3, -0.25) is 4.79 Å². The molecule has 2 bridgehead atoms. The minimum atomic E-state index is -0.113. The third kappa shape index (κ3) is 4.65. The summed E-state index contributed by atoms with van der Waals surface area (Å²) in [6, 6.07) is 11.1. The highest BCUT2D eigenvalue weighted by Gasteiger charge is 2.59. The Balaban J connectivity index is 1.45. The van der Waals surface area contributed by atoms with Crippen LogP contribution in [0.5, 0.6) is 0 Å². The van der Waals surface area contributed by atoms with Gasteiger partial charge in [-0.15, -0.1) is 0 Å². The minimum Gasteiger partial charge on any atom is -0.469 e. The van der Waals surface area contributed by atoms with E-state index in [0.29, 0.717) is 24.4 Å². The molecular formula is C26H37NO3. The Labute approximate surface area is 181 Å². The van der Waals surface area contributed by atoms with Crippen LogP contribution in [0.1, 0.15) is 56.9 Å². The lowest BCUT2D eigenvalue weighted by atomic mass is 9.69. The monoisotopic (exact) mass is 411 g/mol. The van der Waals surface area contributed by atoms with E-state index in [9.17, 15) is 4.79 Å². The number of ether oxygens (including phenoxy) is 2. The Bertz CT molecular complexity index is 712. The molecule has 1 aromatic rings. The maximum absolute atomic E-state index is 11.3. The predicted octanol–water partition coefficient (Wildman–Crippen LogP) is 4.73. The summed E-state index contributed by atoms with van der Waals surface area (Å²) >= 11 is 0. The van der Waals surface area contributed by atoms with Gasteiger partial charge in [-0.1, -0.05) is 48.9 Å². The lowest BCUT2D eigenvalue weighted by Crippen LogP contribution is -2.45. The van der Waals surface area contributed by atoms with Gasteiger partial charge < -0.3 is 14.4 Å².